The lowest BCUT2D eigenvalue weighted by atomic mass is 10.0. The van der Waals surface area contributed by atoms with E-state index in [9.17, 15) is 4.79 Å². The standard InChI is InChI=1S/C11H13ClO4/c1-15-6-8-4-10(16-2)9(12)3-7(8)5-11(13)14/h3-4H,5-6H2,1-2H3,(H,13,14). The molecule has 1 N–H and O–H groups in total. The fraction of sp³-hybridized carbons (Fsp3) is 0.364. The Morgan fingerprint density at radius 3 is 2.56 bits per heavy atom. The van der Waals surface area contributed by atoms with Crippen molar-refractivity contribution in [2.24, 2.45) is 0 Å². The number of rotatable bonds is 5. The van der Waals surface area contributed by atoms with Gasteiger partial charge in [-0.05, 0) is 23.3 Å². The van der Waals surface area contributed by atoms with E-state index in [0.717, 1.165) is 5.56 Å². The lowest BCUT2D eigenvalue weighted by Crippen LogP contribution is -2.05. The van der Waals surface area contributed by atoms with E-state index in [1.165, 1.54) is 7.11 Å². The molecule has 5 heteroatoms. The maximum atomic E-state index is 10.7. The number of halogens is 1. The maximum Gasteiger partial charge on any atom is 0.307 e. The zero-order chi connectivity index (χ0) is 12.1. The van der Waals surface area contributed by atoms with Gasteiger partial charge >= 0.3 is 5.97 Å². The lowest BCUT2D eigenvalue weighted by molar-refractivity contribution is -0.136. The van der Waals surface area contributed by atoms with E-state index >= 15 is 0 Å². The van der Waals surface area contributed by atoms with Gasteiger partial charge in [0.25, 0.3) is 0 Å². The third-order valence-electron chi connectivity index (χ3n) is 2.12. The van der Waals surface area contributed by atoms with Gasteiger partial charge in [-0.3, -0.25) is 4.79 Å². The highest BCUT2D eigenvalue weighted by Gasteiger charge is 2.11. The minimum absolute atomic E-state index is 0.0809. The van der Waals surface area contributed by atoms with Gasteiger partial charge in [-0.25, -0.2) is 0 Å². The largest absolute Gasteiger partial charge is 0.495 e. The highest BCUT2D eigenvalue weighted by atomic mass is 35.5. The Hall–Kier alpha value is -1.26. The third-order valence-corrected chi connectivity index (χ3v) is 2.41. The molecule has 0 spiro atoms. The maximum absolute atomic E-state index is 10.7. The fourth-order valence-electron chi connectivity index (χ4n) is 1.41. The van der Waals surface area contributed by atoms with E-state index in [0.29, 0.717) is 22.9 Å². The van der Waals surface area contributed by atoms with Crippen LogP contribution in [0.15, 0.2) is 12.1 Å². The molecule has 1 aromatic rings. The van der Waals surface area contributed by atoms with Gasteiger partial charge in [0, 0.05) is 7.11 Å². The summed E-state index contributed by atoms with van der Waals surface area (Å²) in [6, 6.07) is 3.30. The zero-order valence-electron chi connectivity index (χ0n) is 9.12. The summed E-state index contributed by atoms with van der Waals surface area (Å²) in [4.78, 5) is 10.7. The Bertz CT molecular complexity index is 390. The molecule has 0 amide bonds. The Balaban J connectivity index is 3.13. The molecule has 0 unspecified atom stereocenters. The molecule has 88 valence electrons. The number of hydrogen-bond donors (Lipinski definition) is 1. The number of carbonyl (C=O) groups is 1. The average Bonchev–Trinajstić information content (AvgIpc) is 2.21. The number of benzene rings is 1. The summed E-state index contributed by atoms with van der Waals surface area (Å²) < 4.78 is 10.1. The normalized spacial score (nSPS) is 10.2. The molecule has 0 aliphatic carbocycles. The second-order valence-corrected chi connectivity index (χ2v) is 3.67. The van der Waals surface area contributed by atoms with Crippen molar-refractivity contribution in [3.05, 3.63) is 28.3 Å². The zero-order valence-corrected chi connectivity index (χ0v) is 9.87. The number of aliphatic carboxylic acids is 1. The first-order valence-electron chi connectivity index (χ1n) is 4.64. The van der Waals surface area contributed by atoms with Gasteiger partial charge < -0.3 is 14.6 Å². The molecule has 0 radical (unpaired) electrons. The molecule has 1 aromatic carbocycles. The number of carboxylic acids is 1. The van der Waals surface area contributed by atoms with E-state index in [-0.39, 0.29) is 6.42 Å². The van der Waals surface area contributed by atoms with Crippen LogP contribution < -0.4 is 4.74 Å². The summed E-state index contributed by atoms with van der Waals surface area (Å²) >= 11 is 5.93. The number of ether oxygens (including phenoxy) is 2. The smallest absolute Gasteiger partial charge is 0.307 e. The minimum Gasteiger partial charge on any atom is -0.495 e. The number of carboxylic acid groups (broad SMARTS) is 1. The fourth-order valence-corrected chi connectivity index (χ4v) is 1.67. The molecule has 0 aromatic heterocycles. The second-order valence-electron chi connectivity index (χ2n) is 3.26. The predicted octanol–water partition coefficient (Wildman–Crippen LogP) is 2.12. The lowest BCUT2D eigenvalue weighted by Gasteiger charge is -2.11. The SMILES string of the molecule is COCc1cc(OC)c(Cl)cc1CC(=O)O. The summed E-state index contributed by atoms with van der Waals surface area (Å²) in [5.74, 6) is -0.388. The van der Waals surface area contributed by atoms with Gasteiger partial charge in [-0.1, -0.05) is 11.6 Å². The first kappa shape index (κ1) is 12.8. The first-order chi connectivity index (χ1) is 7.58. The van der Waals surface area contributed by atoms with E-state index in [4.69, 9.17) is 26.2 Å². The Morgan fingerprint density at radius 2 is 2.06 bits per heavy atom. The van der Waals surface area contributed by atoms with Crippen LogP contribution in [-0.2, 0) is 22.6 Å². The Kier molecular flexibility index (Phi) is 4.58. The van der Waals surface area contributed by atoms with Crippen LogP contribution in [0, 0.1) is 0 Å². The summed E-state index contributed by atoms with van der Waals surface area (Å²) in [6.07, 6.45) is -0.0809. The molecule has 16 heavy (non-hydrogen) atoms. The number of hydrogen-bond acceptors (Lipinski definition) is 3. The van der Waals surface area contributed by atoms with Crippen LogP contribution in [0.4, 0.5) is 0 Å². The van der Waals surface area contributed by atoms with E-state index < -0.39 is 5.97 Å². The van der Waals surface area contributed by atoms with Crippen molar-refractivity contribution in [3.63, 3.8) is 0 Å². The van der Waals surface area contributed by atoms with Crippen molar-refractivity contribution >= 4 is 17.6 Å². The quantitative estimate of drug-likeness (QED) is 0.862. The molecule has 0 aliphatic rings. The highest BCUT2D eigenvalue weighted by Crippen LogP contribution is 2.28. The van der Waals surface area contributed by atoms with Crippen LogP contribution in [0.25, 0.3) is 0 Å². The van der Waals surface area contributed by atoms with Crippen molar-refractivity contribution in [2.45, 2.75) is 13.0 Å². The van der Waals surface area contributed by atoms with Gasteiger partial charge in [0.1, 0.15) is 5.75 Å². The van der Waals surface area contributed by atoms with Crippen LogP contribution in [0.5, 0.6) is 5.75 Å². The molecule has 0 saturated carbocycles. The van der Waals surface area contributed by atoms with Crippen molar-refractivity contribution in [2.75, 3.05) is 14.2 Å². The van der Waals surface area contributed by atoms with Gasteiger partial charge in [0.2, 0.25) is 0 Å². The van der Waals surface area contributed by atoms with Gasteiger partial charge in [0.15, 0.2) is 0 Å². The summed E-state index contributed by atoms with van der Waals surface area (Å²) in [5, 5.41) is 9.16. The predicted molar refractivity (Wildman–Crippen MR) is 60.1 cm³/mol. The monoisotopic (exact) mass is 244 g/mol. The number of methoxy groups -OCH3 is 2. The van der Waals surface area contributed by atoms with Crippen LogP contribution in [0.1, 0.15) is 11.1 Å². The molecule has 0 bridgehead atoms. The van der Waals surface area contributed by atoms with Crippen molar-refractivity contribution in [3.8, 4) is 5.75 Å². The van der Waals surface area contributed by atoms with Gasteiger partial charge in [0.05, 0.1) is 25.2 Å². The molecular weight excluding hydrogens is 232 g/mol. The van der Waals surface area contributed by atoms with Crippen molar-refractivity contribution in [1.82, 2.24) is 0 Å². The summed E-state index contributed by atoms with van der Waals surface area (Å²) in [7, 11) is 3.06. The van der Waals surface area contributed by atoms with E-state index in [2.05, 4.69) is 0 Å². The Morgan fingerprint density at radius 1 is 1.38 bits per heavy atom. The molecular formula is C11H13ClO4. The molecule has 0 fully saturated rings. The van der Waals surface area contributed by atoms with Gasteiger partial charge in [-0.15, -0.1) is 0 Å². The summed E-state index contributed by atoms with van der Waals surface area (Å²) in [5.41, 5.74) is 1.41. The minimum atomic E-state index is -0.904. The van der Waals surface area contributed by atoms with Crippen LogP contribution >= 0.6 is 11.6 Å². The first-order valence-corrected chi connectivity index (χ1v) is 5.02. The highest BCUT2D eigenvalue weighted by molar-refractivity contribution is 6.32. The molecule has 0 atom stereocenters. The summed E-state index contributed by atoms with van der Waals surface area (Å²) in [6.45, 7) is 0.330. The van der Waals surface area contributed by atoms with E-state index in [1.807, 2.05) is 0 Å². The van der Waals surface area contributed by atoms with Crippen LogP contribution in [0.3, 0.4) is 0 Å². The molecule has 4 nitrogen and oxygen atoms in total. The Labute approximate surface area is 98.7 Å². The van der Waals surface area contributed by atoms with Crippen molar-refractivity contribution < 1.29 is 19.4 Å². The van der Waals surface area contributed by atoms with E-state index in [1.54, 1.807) is 19.2 Å². The molecule has 0 aliphatic heterocycles. The van der Waals surface area contributed by atoms with Gasteiger partial charge in [-0.2, -0.15) is 0 Å². The third kappa shape index (κ3) is 3.12. The topological polar surface area (TPSA) is 55.8 Å². The molecule has 0 heterocycles. The molecule has 1 rings (SSSR count). The van der Waals surface area contributed by atoms with Crippen LogP contribution in [0.2, 0.25) is 5.02 Å². The van der Waals surface area contributed by atoms with Crippen molar-refractivity contribution in [1.29, 1.82) is 0 Å². The van der Waals surface area contributed by atoms with Crippen LogP contribution in [-0.4, -0.2) is 25.3 Å². The second kappa shape index (κ2) is 5.72. The molecule has 0 saturated heterocycles. The average molecular weight is 245 g/mol.